The molecule has 1 aliphatic rings. The van der Waals surface area contributed by atoms with Gasteiger partial charge in [-0.1, -0.05) is 40.0 Å². The number of carboxylic acids is 1. The maximum Gasteiger partial charge on any atom is 0.307 e. The maximum atomic E-state index is 11.2. The Morgan fingerprint density at radius 3 is 2.67 bits per heavy atom. The van der Waals surface area contributed by atoms with Crippen LogP contribution in [-0.2, 0) is 4.79 Å². The molecular weight excluding hydrogens is 226 g/mol. The first-order valence-electron chi connectivity index (χ1n) is 7.49. The van der Waals surface area contributed by atoms with E-state index in [-0.39, 0.29) is 5.92 Å². The van der Waals surface area contributed by atoms with Gasteiger partial charge < -0.3 is 10.4 Å². The molecule has 106 valence electrons. The predicted octanol–water partition coefficient (Wildman–Crippen LogP) is 3.29. The molecule has 3 atom stereocenters. The second-order valence-electron chi connectivity index (χ2n) is 6.21. The molecular formula is C15H29NO2. The van der Waals surface area contributed by atoms with Crippen LogP contribution in [0.4, 0.5) is 0 Å². The molecule has 0 radical (unpaired) electrons. The van der Waals surface area contributed by atoms with E-state index < -0.39 is 5.97 Å². The van der Waals surface area contributed by atoms with E-state index in [0.717, 1.165) is 12.3 Å². The largest absolute Gasteiger partial charge is 0.481 e. The lowest BCUT2D eigenvalue weighted by atomic mass is 9.84. The third-order valence-corrected chi connectivity index (χ3v) is 4.12. The number of hydrogen-bond donors (Lipinski definition) is 2. The predicted molar refractivity (Wildman–Crippen MR) is 74.6 cm³/mol. The fourth-order valence-corrected chi connectivity index (χ4v) is 3.00. The topological polar surface area (TPSA) is 49.3 Å². The van der Waals surface area contributed by atoms with E-state index in [9.17, 15) is 9.90 Å². The number of carbonyl (C=O) groups is 1. The van der Waals surface area contributed by atoms with Crippen molar-refractivity contribution in [3.63, 3.8) is 0 Å². The molecule has 0 aromatic heterocycles. The molecule has 0 aromatic carbocycles. The standard InChI is InChI=1S/C15H29NO2/c1-4-12-6-5-7-14(9-12)16-10-13(15(17)18)8-11(2)3/h11-14,16H,4-10H2,1-3H3,(H,17,18). The van der Waals surface area contributed by atoms with Crippen molar-refractivity contribution in [1.82, 2.24) is 5.32 Å². The smallest absolute Gasteiger partial charge is 0.307 e. The van der Waals surface area contributed by atoms with Gasteiger partial charge in [0.05, 0.1) is 5.92 Å². The summed E-state index contributed by atoms with van der Waals surface area (Å²) in [6, 6.07) is 0.540. The number of nitrogens with one attached hydrogen (secondary N) is 1. The minimum Gasteiger partial charge on any atom is -0.481 e. The number of aliphatic carboxylic acids is 1. The molecule has 3 heteroatoms. The molecule has 0 aromatic rings. The van der Waals surface area contributed by atoms with Gasteiger partial charge in [0, 0.05) is 12.6 Å². The summed E-state index contributed by atoms with van der Waals surface area (Å²) in [6.07, 6.45) is 7.11. The highest BCUT2D eigenvalue weighted by Gasteiger charge is 2.23. The Balaban J connectivity index is 2.34. The van der Waals surface area contributed by atoms with Crippen LogP contribution in [0.3, 0.4) is 0 Å². The molecule has 0 aliphatic heterocycles. The van der Waals surface area contributed by atoms with Gasteiger partial charge in [-0.15, -0.1) is 0 Å². The number of hydrogen-bond acceptors (Lipinski definition) is 2. The van der Waals surface area contributed by atoms with Crippen molar-refractivity contribution in [3.8, 4) is 0 Å². The highest BCUT2D eigenvalue weighted by atomic mass is 16.4. The lowest BCUT2D eigenvalue weighted by Gasteiger charge is -2.30. The van der Waals surface area contributed by atoms with Crippen molar-refractivity contribution in [2.24, 2.45) is 17.8 Å². The summed E-state index contributed by atoms with van der Waals surface area (Å²) in [5, 5.41) is 12.7. The van der Waals surface area contributed by atoms with E-state index in [0.29, 0.717) is 18.5 Å². The molecule has 1 fully saturated rings. The molecule has 1 saturated carbocycles. The molecule has 1 aliphatic carbocycles. The summed E-state index contributed by atoms with van der Waals surface area (Å²) < 4.78 is 0. The van der Waals surface area contributed by atoms with Crippen LogP contribution in [0, 0.1) is 17.8 Å². The van der Waals surface area contributed by atoms with Gasteiger partial charge in [-0.25, -0.2) is 0 Å². The Morgan fingerprint density at radius 1 is 1.39 bits per heavy atom. The van der Waals surface area contributed by atoms with Crippen LogP contribution >= 0.6 is 0 Å². The first-order valence-corrected chi connectivity index (χ1v) is 7.49. The first-order chi connectivity index (χ1) is 8.52. The van der Waals surface area contributed by atoms with E-state index in [1.807, 2.05) is 0 Å². The van der Waals surface area contributed by atoms with Crippen LogP contribution in [0.2, 0.25) is 0 Å². The zero-order valence-corrected chi connectivity index (χ0v) is 12.1. The molecule has 0 amide bonds. The van der Waals surface area contributed by atoms with Gasteiger partial charge in [0.2, 0.25) is 0 Å². The van der Waals surface area contributed by atoms with Crippen LogP contribution in [0.5, 0.6) is 0 Å². The van der Waals surface area contributed by atoms with E-state index in [1.165, 1.54) is 32.1 Å². The molecule has 0 spiro atoms. The monoisotopic (exact) mass is 255 g/mol. The van der Waals surface area contributed by atoms with E-state index >= 15 is 0 Å². The quantitative estimate of drug-likeness (QED) is 0.734. The molecule has 0 bridgehead atoms. The van der Waals surface area contributed by atoms with E-state index in [2.05, 4.69) is 26.1 Å². The fourth-order valence-electron chi connectivity index (χ4n) is 3.00. The fraction of sp³-hybridized carbons (Fsp3) is 0.933. The average Bonchev–Trinajstić information content (AvgIpc) is 2.34. The van der Waals surface area contributed by atoms with Gasteiger partial charge in [-0.05, 0) is 31.1 Å². The normalized spacial score (nSPS) is 26.2. The highest BCUT2D eigenvalue weighted by Crippen LogP contribution is 2.26. The zero-order valence-electron chi connectivity index (χ0n) is 12.1. The van der Waals surface area contributed by atoms with Crippen LogP contribution in [0.1, 0.15) is 59.3 Å². The van der Waals surface area contributed by atoms with Gasteiger partial charge in [0.15, 0.2) is 0 Å². The van der Waals surface area contributed by atoms with Crippen LogP contribution < -0.4 is 5.32 Å². The third kappa shape index (κ3) is 5.38. The number of carboxylic acid groups (broad SMARTS) is 1. The van der Waals surface area contributed by atoms with Gasteiger partial charge in [0.1, 0.15) is 0 Å². The molecule has 0 heterocycles. The van der Waals surface area contributed by atoms with Crippen LogP contribution in [0.15, 0.2) is 0 Å². The molecule has 0 saturated heterocycles. The van der Waals surface area contributed by atoms with Gasteiger partial charge in [-0.3, -0.25) is 4.79 Å². The Hall–Kier alpha value is -0.570. The second-order valence-corrected chi connectivity index (χ2v) is 6.21. The Bertz CT molecular complexity index is 253. The summed E-state index contributed by atoms with van der Waals surface area (Å²) in [5.41, 5.74) is 0. The summed E-state index contributed by atoms with van der Waals surface area (Å²) in [4.78, 5) is 11.2. The van der Waals surface area contributed by atoms with Crippen molar-refractivity contribution in [2.45, 2.75) is 65.3 Å². The van der Waals surface area contributed by atoms with Crippen LogP contribution in [0.25, 0.3) is 0 Å². The van der Waals surface area contributed by atoms with Gasteiger partial charge in [-0.2, -0.15) is 0 Å². The van der Waals surface area contributed by atoms with E-state index in [4.69, 9.17) is 0 Å². The number of rotatable bonds is 7. The lowest BCUT2D eigenvalue weighted by Crippen LogP contribution is -2.39. The van der Waals surface area contributed by atoms with Crippen molar-refractivity contribution in [3.05, 3.63) is 0 Å². The van der Waals surface area contributed by atoms with Crippen molar-refractivity contribution >= 4 is 5.97 Å². The molecule has 2 N–H and O–H groups in total. The SMILES string of the molecule is CCC1CCCC(NCC(CC(C)C)C(=O)O)C1. The lowest BCUT2D eigenvalue weighted by molar-refractivity contribution is -0.142. The van der Waals surface area contributed by atoms with Crippen molar-refractivity contribution in [2.75, 3.05) is 6.54 Å². The Kier molecular flexibility index (Phi) is 6.69. The van der Waals surface area contributed by atoms with Gasteiger partial charge in [0.25, 0.3) is 0 Å². The summed E-state index contributed by atoms with van der Waals surface area (Å²) in [7, 11) is 0. The molecule has 3 nitrogen and oxygen atoms in total. The van der Waals surface area contributed by atoms with Gasteiger partial charge >= 0.3 is 5.97 Å². The first kappa shape index (κ1) is 15.5. The third-order valence-electron chi connectivity index (χ3n) is 4.12. The Labute approximate surface area is 111 Å². The summed E-state index contributed by atoms with van der Waals surface area (Å²) >= 11 is 0. The minimum atomic E-state index is -0.654. The van der Waals surface area contributed by atoms with E-state index in [1.54, 1.807) is 0 Å². The molecule has 18 heavy (non-hydrogen) atoms. The maximum absolute atomic E-state index is 11.2. The minimum absolute atomic E-state index is 0.230. The summed E-state index contributed by atoms with van der Waals surface area (Å²) in [5.74, 6) is 0.401. The van der Waals surface area contributed by atoms with Crippen molar-refractivity contribution in [1.29, 1.82) is 0 Å². The highest BCUT2D eigenvalue weighted by molar-refractivity contribution is 5.70. The molecule has 1 rings (SSSR count). The van der Waals surface area contributed by atoms with Crippen molar-refractivity contribution < 1.29 is 9.90 Å². The average molecular weight is 255 g/mol. The van der Waals surface area contributed by atoms with Crippen LogP contribution in [-0.4, -0.2) is 23.7 Å². The summed E-state index contributed by atoms with van der Waals surface area (Å²) in [6.45, 7) is 7.06. The Morgan fingerprint density at radius 2 is 2.11 bits per heavy atom. The molecule has 3 unspecified atom stereocenters. The zero-order chi connectivity index (χ0) is 13.5. The second kappa shape index (κ2) is 7.78.